The van der Waals surface area contributed by atoms with E-state index >= 15 is 0 Å². The molecule has 0 aromatic heterocycles. The Balaban J connectivity index is 0.823. The van der Waals surface area contributed by atoms with Gasteiger partial charge in [0, 0.05) is 8.95 Å². The minimum Gasteiger partial charge on any atom is -0.457 e. The minimum absolute atomic E-state index is 0.0919. The van der Waals surface area contributed by atoms with Gasteiger partial charge >= 0.3 is 0 Å². The Kier molecular flexibility index (Phi) is 13.9. The summed E-state index contributed by atoms with van der Waals surface area (Å²) in [7, 11) is -7.79. The zero-order valence-corrected chi connectivity index (χ0v) is 42.7. The third-order valence-electron chi connectivity index (χ3n) is 11.5. The van der Waals surface area contributed by atoms with Crippen LogP contribution in [-0.2, 0) is 19.7 Å². The molecule has 0 fully saturated rings. The molecular formula is C60H40Br2O8S2. The topological polar surface area (TPSA) is 105 Å². The van der Waals surface area contributed by atoms with Crippen molar-refractivity contribution in [1.29, 1.82) is 0 Å². The number of hydrogen-bond donors (Lipinski definition) is 0. The third-order valence-corrected chi connectivity index (χ3v) is 16.0. The molecule has 8 nitrogen and oxygen atoms in total. The largest absolute Gasteiger partial charge is 0.457 e. The highest BCUT2D eigenvalue weighted by Crippen LogP contribution is 2.43. The number of benzene rings is 10. The van der Waals surface area contributed by atoms with Gasteiger partial charge in [-0.3, -0.25) is 0 Å². The predicted molar refractivity (Wildman–Crippen MR) is 288 cm³/mol. The van der Waals surface area contributed by atoms with Crippen molar-refractivity contribution in [3.8, 4) is 79.4 Å². The normalized spacial score (nSPS) is 11.4. The quantitative estimate of drug-likeness (QED) is 0.1000. The molecule has 0 spiro atoms. The number of halogens is 2. The molecule has 0 aliphatic rings. The van der Waals surface area contributed by atoms with Gasteiger partial charge in [0.2, 0.25) is 19.7 Å². The maximum Gasteiger partial charge on any atom is 0.206 e. The van der Waals surface area contributed by atoms with Gasteiger partial charge in [-0.05, 0) is 173 Å². The lowest BCUT2D eigenvalue weighted by atomic mass is 10.0. The number of ether oxygens (including phenoxy) is 4. The third kappa shape index (κ3) is 10.9. The van der Waals surface area contributed by atoms with E-state index in [4.69, 9.17) is 18.9 Å². The van der Waals surface area contributed by atoms with Gasteiger partial charge < -0.3 is 18.9 Å². The van der Waals surface area contributed by atoms with E-state index in [1.54, 1.807) is 66.7 Å². The van der Waals surface area contributed by atoms with Crippen molar-refractivity contribution < 1.29 is 35.8 Å². The van der Waals surface area contributed by atoms with Crippen molar-refractivity contribution in [1.82, 2.24) is 0 Å². The molecule has 0 heterocycles. The van der Waals surface area contributed by atoms with Crippen molar-refractivity contribution in [2.24, 2.45) is 0 Å². The molecule has 12 heteroatoms. The fraction of sp³-hybridized carbons (Fsp3) is 0. The van der Waals surface area contributed by atoms with Gasteiger partial charge in [0.25, 0.3) is 0 Å². The number of rotatable bonds is 15. The molecule has 0 saturated carbocycles. The molecule has 10 aromatic rings. The second kappa shape index (κ2) is 20.9. The van der Waals surface area contributed by atoms with E-state index in [-0.39, 0.29) is 19.6 Å². The Morgan fingerprint density at radius 3 is 0.903 bits per heavy atom. The van der Waals surface area contributed by atoms with Crippen molar-refractivity contribution in [3.63, 3.8) is 0 Å². The molecule has 0 bridgehead atoms. The van der Waals surface area contributed by atoms with Gasteiger partial charge in [0.15, 0.2) is 0 Å². The van der Waals surface area contributed by atoms with Crippen molar-refractivity contribution in [2.45, 2.75) is 19.6 Å². The summed E-state index contributed by atoms with van der Waals surface area (Å²) in [5.41, 5.74) is 5.47. The Morgan fingerprint density at radius 2 is 0.569 bits per heavy atom. The molecule has 0 radical (unpaired) electrons. The average molecular weight is 1110 g/mol. The average Bonchev–Trinajstić information content (AvgIpc) is 3.40. The monoisotopic (exact) mass is 1110 g/mol. The summed E-state index contributed by atoms with van der Waals surface area (Å²) in [5.74, 6) is 3.88. The molecule has 0 atom stereocenters. The second-order valence-corrected chi connectivity index (χ2v) is 22.1. The summed E-state index contributed by atoms with van der Waals surface area (Å²) in [6.45, 7) is 0. The Morgan fingerprint density at radius 1 is 0.264 bits per heavy atom. The smallest absolute Gasteiger partial charge is 0.206 e. The lowest BCUT2D eigenvalue weighted by molar-refractivity contribution is 0.463. The SMILES string of the molecule is O=S(=O)(c1ccc(Oc2cc(Br)cc(-c3ccccc3)c2)cc1)c1ccc(Oc2cccc(Oc3ccc(S(=O)(=O)c4ccc(Oc5cc(Br)cc(-c6ccccc6)c5)cc4)cc3)c2-c2ccccc2)cc1. The van der Waals surface area contributed by atoms with Crippen LogP contribution in [0.15, 0.2) is 271 Å². The van der Waals surface area contributed by atoms with Crippen LogP contribution in [0.1, 0.15) is 0 Å². The van der Waals surface area contributed by atoms with Gasteiger partial charge in [0.1, 0.15) is 46.0 Å². The predicted octanol–water partition coefficient (Wildman–Crippen LogP) is 17.0. The highest BCUT2D eigenvalue weighted by molar-refractivity contribution is 9.10. The molecule has 72 heavy (non-hydrogen) atoms. The minimum atomic E-state index is -3.89. The van der Waals surface area contributed by atoms with Gasteiger partial charge in [-0.25, -0.2) is 16.8 Å². The van der Waals surface area contributed by atoms with Crippen LogP contribution in [0.5, 0.6) is 46.0 Å². The summed E-state index contributed by atoms with van der Waals surface area (Å²) < 4.78 is 82.0. The molecule has 0 N–H and O–H groups in total. The number of hydrogen-bond acceptors (Lipinski definition) is 8. The first kappa shape index (κ1) is 47.9. The van der Waals surface area contributed by atoms with Gasteiger partial charge in [-0.1, -0.05) is 129 Å². The van der Waals surface area contributed by atoms with Crippen LogP contribution in [0.3, 0.4) is 0 Å². The molecule has 0 amide bonds. The van der Waals surface area contributed by atoms with E-state index in [0.717, 1.165) is 36.8 Å². The van der Waals surface area contributed by atoms with Crippen molar-refractivity contribution >= 4 is 51.5 Å². The van der Waals surface area contributed by atoms with E-state index in [2.05, 4.69) is 31.9 Å². The first-order valence-electron chi connectivity index (χ1n) is 22.5. The first-order valence-corrected chi connectivity index (χ1v) is 27.0. The summed E-state index contributed by atoms with van der Waals surface area (Å²) in [6, 6.07) is 71.5. The zero-order chi connectivity index (χ0) is 49.7. The molecular weight excluding hydrogens is 1070 g/mol. The van der Waals surface area contributed by atoms with Crippen LogP contribution in [0.2, 0.25) is 0 Å². The summed E-state index contributed by atoms with van der Waals surface area (Å²) in [6.07, 6.45) is 0. The van der Waals surface area contributed by atoms with E-state index in [1.165, 1.54) is 48.5 Å². The van der Waals surface area contributed by atoms with Crippen molar-refractivity contribution in [2.75, 3.05) is 0 Å². The Labute approximate surface area is 434 Å². The van der Waals surface area contributed by atoms with E-state index in [1.807, 2.05) is 127 Å². The lowest BCUT2D eigenvalue weighted by Gasteiger charge is -2.17. The summed E-state index contributed by atoms with van der Waals surface area (Å²) >= 11 is 7.14. The van der Waals surface area contributed by atoms with Crippen LogP contribution in [0, 0.1) is 0 Å². The molecule has 354 valence electrons. The molecule has 10 aromatic carbocycles. The van der Waals surface area contributed by atoms with E-state index in [0.29, 0.717) is 51.6 Å². The Hall–Kier alpha value is -7.74. The highest BCUT2D eigenvalue weighted by Gasteiger charge is 2.21. The fourth-order valence-electron chi connectivity index (χ4n) is 7.95. The molecule has 0 aliphatic carbocycles. The van der Waals surface area contributed by atoms with Gasteiger partial charge in [-0.15, -0.1) is 0 Å². The van der Waals surface area contributed by atoms with Crippen molar-refractivity contribution in [3.05, 3.63) is 252 Å². The molecule has 0 unspecified atom stereocenters. The second-order valence-electron chi connectivity index (χ2n) is 16.4. The molecule has 0 aliphatic heterocycles. The maximum atomic E-state index is 13.8. The first-order chi connectivity index (χ1) is 34.9. The van der Waals surface area contributed by atoms with Crippen LogP contribution >= 0.6 is 31.9 Å². The maximum absolute atomic E-state index is 13.8. The highest BCUT2D eigenvalue weighted by atomic mass is 79.9. The van der Waals surface area contributed by atoms with Crippen LogP contribution in [-0.4, -0.2) is 16.8 Å². The molecule has 0 saturated heterocycles. The Bertz CT molecular complexity index is 3520. The van der Waals surface area contributed by atoms with E-state index in [9.17, 15) is 16.8 Å². The molecule has 10 rings (SSSR count). The van der Waals surface area contributed by atoms with Crippen LogP contribution in [0.25, 0.3) is 33.4 Å². The van der Waals surface area contributed by atoms with Crippen LogP contribution in [0.4, 0.5) is 0 Å². The van der Waals surface area contributed by atoms with Gasteiger partial charge in [-0.2, -0.15) is 0 Å². The van der Waals surface area contributed by atoms with Gasteiger partial charge in [0.05, 0.1) is 25.1 Å². The summed E-state index contributed by atoms with van der Waals surface area (Å²) in [4.78, 5) is 0.406. The summed E-state index contributed by atoms with van der Waals surface area (Å²) in [5, 5.41) is 0. The van der Waals surface area contributed by atoms with Crippen LogP contribution < -0.4 is 18.9 Å². The standard InChI is InChI=1S/C60H40Br2O8S2/c61-46-35-44(41-11-4-1-5-12-41)37-52(39-46)67-48-19-27-54(28-20-48)71(63,64)56-31-23-50(24-32-56)69-58-17-10-18-59(60(58)43-15-8-3-9-16-43)70-51-25-33-57(34-26-51)72(65,66)55-29-21-49(22-30-55)68-53-38-45(36-47(62)40-53)42-13-6-2-7-14-42/h1-40H. The zero-order valence-electron chi connectivity index (χ0n) is 37.9. The number of sulfone groups is 2. The fourth-order valence-corrected chi connectivity index (χ4v) is 11.4. The lowest BCUT2D eigenvalue weighted by Crippen LogP contribution is -2.02. The van der Waals surface area contributed by atoms with E-state index < -0.39 is 19.7 Å².